The molecule has 23 heavy (non-hydrogen) atoms. The fourth-order valence-electron chi connectivity index (χ4n) is 3.83. The number of hydrogen-bond acceptors (Lipinski definition) is 1. The maximum absolute atomic E-state index is 6.35. The summed E-state index contributed by atoms with van der Waals surface area (Å²) in [4.78, 5) is 1.73. The van der Waals surface area contributed by atoms with Crippen LogP contribution in [0.3, 0.4) is 0 Å². The maximum atomic E-state index is 6.35. The summed E-state index contributed by atoms with van der Waals surface area (Å²) in [5.41, 5.74) is 4.19. The summed E-state index contributed by atoms with van der Waals surface area (Å²) in [7, 11) is 0. The fourth-order valence-corrected chi connectivity index (χ4v) is 3.83. The number of aryl methyl sites for hydroxylation is 1. The van der Waals surface area contributed by atoms with E-state index < -0.39 is 0 Å². The molecule has 2 aliphatic rings. The number of rotatable bonds is 5. The van der Waals surface area contributed by atoms with Gasteiger partial charge in [0.2, 0.25) is 0 Å². The van der Waals surface area contributed by atoms with Crippen LogP contribution in [0.15, 0.2) is 29.8 Å². The zero-order valence-electron chi connectivity index (χ0n) is 14.4. The molecule has 1 aliphatic heterocycles. The van der Waals surface area contributed by atoms with E-state index >= 15 is 0 Å². The van der Waals surface area contributed by atoms with Crippen LogP contribution in [0, 0.1) is 6.92 Å². The van der Waals surface area contributed by atoms with Crippen molar-refractivity contribution in [2.75, 3.05) is 26.2 Å². The van der Waals surface area contributed by atoms with Gasteiger partial charge in [-0.25, -0.2) is 0 Å². The van der Waals surface area contributed by atoms with Gasteiger partial charge >= 0.3 is 0 Å². The first-order chi connectivity index (χ1) is 10.8. The number of piperidine rings is 1. The standard InChI is InChI=1S/C20H29NO.ClH/c1-17-9-3-6-12-19(17)20(18-10-4-5-11-18)22-16-15-21-13-7-2-8-14-21;/h3,6,9,12H,2,4-5,7-8,10-11,13-16H2,1H3;1H. The molecule has 1 heterocycles. The largest absolute Gasteiger partial charge is 1.00 e. The molecule has 1 aliphatic carbocycles. The Morgan fingerprint density at radius 1 is 1.00 bits per heavy atom. The van der Waals surface area contributed by atoms with Gasteiger partial charge in [-0.1, -0.05) is 24.3 Å². The van der Waals surface area contributed by atoms with Crippen LogP contribution < -0.4 is 17.3 Å². The summed E-state index contributed by atoms with van der Waals surface area (Å²) >= 11 is 0. The molecule has 3 heteroatoms. The molecule has 0 unspecified atom stereocenters. The minimum Gasteiger partial charge on any atom is -1.00 e. The first kappa shape index (κ1) is 18.4. The van der Waals surface area contributed by atoms with E-state index in [2.05, 4.69) is 31.2 Å². The molecule has 0 amide bonds. The normalized spacial score (nSPS) is 18.6. The molecule has 1 aromatic rings. The third kappa shape index (κ3) is 4.99. The molecule has 1 N–H and O–H groups in total. The van der Waals surface area contributed by atoms with Crippen LogP contribution in [0.5, 0.6) is 0 Å². The summed E-state index contributed by atoms with van der Waals surface area (Å²) in [6.45, 7) is 6.88. The van der Waals surface area contributed by atoms with E-state index in [-0.39, 0.29) is 12.4 Å². The quantitative estimate of drug-likeness (QED) is 0.768. The Kier molecular flexibility index (Phi) is 7.45. The van der Waals surface area contributed by atoms with Crippen molar-refractivity contribution < 1.29 is 22.0 Å². The van der Waals surface area contributed by atoms with Crippen molar-refractivity contribution in [1.29, 1.82) is 0 Å². The third-order valence-corrected chi connectivity index (χ3v) is 5.18. The summed E-state index contributed by atoms with van der Waals surface area (Å²) < 4.78 is 6.35. The zero-order chi connectivity index (χ0) is 15.2. The molecule has 0 bridgehead atoms. The first-order valence-electron chi connectivity index (χ1n) is 9.09. The van der Waals surface area contributed by atoms with Gasteiger partial charge in [0, 0.05) is 5.56 Å². The molecule has 1 aromatic carbocycles. The molecular formula is C20H30ClNO. The van der Waals surface area contributed by atoms with E-state index in [1.165, 1.54) is 74.9 Å². The lowest BCUT2D eigenvalue weighted by molar-refractivity contribution is -0.905. The van der Waals surface area contributed by atoms with Crippen molar-refractivity contribution >= 4 is 5.76 Å². The minimum absolute atomic E-state index is 0. The van der Waals surface area contributed by atoms with Gasteiger partial charge in [0.25, 0.3) is 0 Å². The van der Waals surface area contributed by atoms with Gasteiger partial charge in [-0.15, -0.1) is 0 Å². The number of quaternary nitrogens is 1. The maximum Gasteiger partial charge on any atom is 0.137 e. The predicted octanol–water partition coefficient (Wildman–Crippen LogP) is 0.370. The lowest BCUT2D eigenvalue weighted by atomic mass is 10.0. The molecule has 128 valence electrons. The van der Waals surface area contributed by atoms with Gasteiger partial charge in [-0.3, -0.25) is 0 Å². The highest BCUT2D eigenvalue weighted by Crippen LogP contribution is 2.33. The molecule has 0 atom stereocenters. The summed E-state index contributed by atoms with van der Waals surface area (Å²) in [5, 5.41) is 0. The summed E-state index contributed by atoms with van der Waals surface area (Å²) in [6, 6.07) is 8.68. The molecule has 0 radical (unpaired) electrons. The number of halogens is 1. The average Bonchev–Trinajstić information content (AvgIpc) is 3.08. The second-order valence-electron chi connectivity index (χ2n) is 6.86. The SMILES string of the molecule is Cc1ccccc1C(OCC[NH+]1CCCCC1)=C1CCCC1.[Cl-]. The van der Waals surface area contributed by atoms with Crippen LogP contribution in [0.25, 0.3) is 5.76 Å². The Morgan fingerprint density at radius 3 is 2.39 bits per heavy atom. The van der Waals surface area contributed by atoms with Crippen LogP contribution in [-0.4, -0.2) is 26.2 Å². The van der Waals surface area contributed by atoms with Gasteiger partial charge in [0.05, 0.1) is 13.1 Å². The molecule has 1 saturated heterocycles. The zero-order valence-corrected chi connectivity index (χ0v) is 15.1. The molecule has 2 fully saturated rings. The van der Waals surface area contributed by atoms with Crippen LogP contribution in [-0.2, 0) is 4.74 Å². The van der Waals surface area contributed by atoms with Crippen molar-refractivity contribution in [2.24, 2.45) is 0 Å². The van der Waals surface area contributed by atoms with Gasteiger partial charge < -0.3 is 22.0 Å². The summed E-state index contributed by atoms with van der Waals surface area (Å²) in [5.74, 6) is 1.20. The van der Waals surface area contributed by atoms with Crippen LogP contribution >= 0.6 is 0 Å². The molecule has 2 nitrogen and oxygen atoms in total. The Labute approximate surface area is 147 Å². The van der Waals surface area contributed by atoms with E-state index in [0.29, 0.717) is 0 Å². The Morgan fingerprint density at radius 2 is 1.70 bits per heavy atom. The lowest BCUT2D eigenvalue weighted by Crippen LogP contribution is -3.13. The fraction of sp³-hybridized carbons (Fsp3) is 0.600. The number of allylic oxidation sites excluding steroid dienone is 1. The third-order valence-electron chi connectivity index (χ3n) is 5.18. The monoisotopic (exact) mass is 335 g/mol. The van der Waals surface area contributed by atoms with Crippen molar-refractivity contribution in [1.82, 2.24) is 0 Å². The van der Waals surface area contributed by atoms with Gasteiger partial charge in [0.1, 0.15) is 18.9 Å². The van der Waals surface area contributed by atoms with E-state index in [4.69, 9.17) is 4.74 Å². The Hall–Kier alpha value is -0.990. The lowest BCUT2D eigenvalue weighted by Gasteiger charge is -2.24. The minimum atomic E-state index is 0. The number of benzene rings is 1. The molecule has 1 saturated carbocycles. The Bertz CT molecular complexity index is 512. The first-order valence-corrected chi connectivity index (χ1v) is 9.09. The number of ether oxygens (including phenoxy) is 1. The molecule has 0 aromatic heterocycles. The van der Waals surface area contributed by atoms with E-state index in [0.717, 1.165) is 13.2 Å². The molecule has 3 rings (SSSR count). The highest BCUT2D eigenvalue weighted by molar-refractivity contribution is 5.66. The van der Waals surface area contributed by atoms with E-state index in [9.17, 15) is 0 Å². The van der Waals surface area contributed by atoms with E-state index in [1.807, 2.05) is 0 Å². The Balaban J connectivity index is 0.00000192. The molecular weight excluding hydrogens is 306 g/mol. The van der Waals surface area contributed by atoms with Gasteiger partial charge in [-0.2, -0.15) is 0 Å². The van der Waals surface area contributed by atoms with Crippen molar-refractivity contribution in [3.05, 3.63) is 41.0 Å². The van der Waals surface area contributed by atoms with Crippen molar-refractivity contribution in [2.45, 2.75) is 51.9 Å². The van der Waals surface area contributed by atoms with Gasteiger partial charge in [-0.05, 0) is 63.0 Å². The average molecular weight is 336 g/mol. The van der Waals surface area contributed by atoms with Crippen molar-refractivity contribution in [3.63, 3.8) is 0 Å². The molecule has 0 spiro atoms. The second-order valence-corrected chi connectivity index (χ2v) is 6.86. The van der Waals surface area contributed by atoms with Crippen LogP contribution in [0.2, 0.25) is 0 Å². The van der Waals surface area contributed by atoms with Crippen LogP contribution in [0.4, 0.5) is 0 Å². The number of nitrogens with one attached hydrogen (secondary N) is 1. The highest BCUT2D eigenvalue weighted by atomic mass is 35.5. The second kappa shape index (κ2) is 9.34. The summed E-state index contributed by atoms with van der Waals surface area (Å²) in [6.07, 6.45) is 9.29. The number of likely N-dealkylation sites (tertiary alicyclic amines) is 1. The topological polar surface area (TPSA) is 13.7 Å². The highest BCUT2D eigenvalue weighted by Gasteiger charge is 2.18. The predicted molar refractivity (Wildman–Crippen MR) is 91.9 cm³/mol. The smallest absolute Gasteiger partial charge is 0.137 e. The van der Waals surface area contributed by atoms with Gasteiger partial charge in [0.15, 0.2) is 0 Å². The number of hydrogen-bond donors (Lipinski definition) is 1. The van der Waals surface area contributed by atoms with Crippen LogP contribution in [0.1, 0.15) is 56.1 Å². The van der Waals surface area contributed by atoms with Crippen molar-refractivity contribution in [3.8, 4) is 0 Å². The van der Waals surface area contributed by atoms with E-state index in [1.54, 1.807) is 10.5 Å².